The van der Waals surface area contributed by atoms with Gasteiger partial charge in [-0.1, -0.05) is 44.2 Å². The lowest BCUT2D eigenvalue weighted by Gasteiger charge is -2.21. The Morgan fingerprint density at radius 2 is 1.96 bits per heavy atom. The molecule has 0 aliphatic rings. The highest BCUT2D eigenvalue weighted by molar-refractivity contribution is 5.94. The van der Waals surface area contributed by atoms with Crippen molar-refractivity contribution in [1.82, 2.24) is 9.88 Å². The number of aromatic nitrogens is 1. The Morgan fingerprint density at radius 1 is 1.22 bits per heavy atom. The molecule has 0 fully saturated rings. The van der Waals surface area contributed by atoms with Crippen molar-refractivity contribution in [1.29, 1.82) is 0 Å². The Bertz CT molecular complexity index is 626. The molecule has 1 aromatic heterocycles. The maximum absolute atomic E-state index is 12.7. The van der Waals surface area contributed by atoms with Crippen LogP contribution in [0, 0.1) is 5.92 Å². The fourth-order valence-electron chi connectivity index (χ4n) is 2.28. The van der Waals surface area contributed by atoms with Crippen LogP contribution in [-0.2, 0) is 6.54 Å². The molecular formula is C19H25N3O. The Morgan fingerprint density at radius 3 is 2.61 bits per heavy atom. The zero-order chi connectivity index (χ0) is 16.7. The smallest absolute Gasteiger partial charge is 0.254 e. The van der Waals surface area contributed by atoms with Crippen LogP contribution in [0.1, 0.15) is 36.7 Å². The second-order valence-corrected chi connectivity index (χ2v) is 6.01. The van der Waals surface area contributed by atoms with Gasteiger partial charge in [-0.2, -0.15) is 0 Å². The second kappa shape index (κ2) is 8.32. The van der Waals surface area contributed by atoms with Gasteiger partial charge in [0.1, 0.15) is 5.82 Å². The highest BCUT2D eigenvalue weighted by Crippen LogP contribution is 2.13. The molecule has 4 heteroatoms. The van der Waals surface area contributed by atoms with Crippen molar-refractivity contribution in [2.45, 2.75) is 27.3 Å². The molecule has 1 N–H and O–H groups in total. The standard InChI is InChI=1S/C19H25N3O/c1-4-22(14-16-8-6-5-7-9-16)19(23)17-10-11-20-18(12-17)21-13-15(2)3/h5-12,15H,4,13-14H2,1-3H3,(H,20,21). The Hall–Kier alpha value is -2.36. The average Bonchev–Trinajstić information content (AvgIpc) is 2.58. The van der Waals surface area contributed by atoms with Gasteiger partial charge < -0.3 is 10.2 Å². The van der Waals surface area contributed by atoms with Gasteiger partial charge in [0, 0.05) is 31.4 Å². The van der Waals surface area contributed by atoms with E-state index in [-0.39, 0.29) is 5.91 Å². The molecule has 1 amide bonds. The van der Waals surface area contributed by atoms with Crippen molar-refractivity contribution in [3.63, 3.8) is 0 Å². The van der Waals surface area contributed by atoms with E-state index in [0.29, 0.717) is 24.6 Å². The van der Waals surface area contributed by atoms with Crippen LogP contribution < -0.4 is 5.32 Å². The minimum atomic E-state index is 0.0337. The fraction of sp³-hybridized carbons (Fsp3) is 0.368. The van der Waals surface area contributed by atoms with E-state index in [0.717, 1.165) is 17.9 Å². The number of hydrogen-bond donors (Lipinski definition) is 1. The van der Waals surface area contributed by atoms with Crippen molar-refractivity contribution in [2.75, 3.05) is 18.4 Å². The molecule has 0 aliphatic heterocycles. The summed E-state index contributed by atoms with van der Waals surface area (Å²) in [4.78, 5) is 18.9. The normalized spacial score (nSPS) is 10.6. The maximum Gasteiger partial charge on any atom is 0.254 e. The molecule has 0 spiro atoms. The molecule has 2 aromatic rings. The Balaban J connectivity index is 2.09. The fourth-order valence-corrected chi connectivity index (χ4v) is 2.28. The van der Waals surface area contributed by atoms with Gasteiger partial charge >= 0.3 is 0 Å². The predicted molar refractivity (Wildman–Crippen MR) is 94.4 cm³/mol. The van der Waals surface area contributed by atoms with E-state index in [4.69, 9.17) is 0 Å². The van der Waals surface area contributed by atoms with Gasteiger partial charge in [-0.25, -0.2) is 4.98 Å². The molecule has 4 nitrogen and oxygen atoms in total. The summed E-state index contributed by atoms with van der Waals surface area (Å²) in [5.41, 5.74) is 1.80. The molecule has 0 aliphatic carbocycles. The van der Waals surface area contributed by atoms with Crippen LogP contribution in [-0.4, -0.2) is 28.9 Å². The third-order valence-corrected chi connectivity index (χ3v) is 3.58. The van der Waals surface area contributed by atoms with Crippen LogP contribution in [0.4, 0.5) is 5.82 Å². The topological polar surface area (TPSA) is 45.2 Å². The number of carbonyl (C=O) groups is 1. The SMILES string of the molecule is CCN(Cc1ccccc1)C(=O)c1ccnc(NCC(C)C)c1. The number of carbonyl (C=O) groups excluding carboxylic acids is 1. The molecule has 2 rings (SSSR count). The van der Waals surface area contributed by atoms with Crippen molar-refractivity contribution in [2.24, 2.45) is 5.92 Å². The zero-order valence-corrected chi connectivity index (χ0v) is 14.1. The number of anilines is 1. The number of hydrogen-bond acceptors (Lipinski definition) is 3. The van der Waals surface area contributed by atoms with Crippen molar-refractivity contribution in [3.8, 4) is 0 Å². The molecule has 0 saturated carbocycles. The lowest BCUT2D eigenvalue weighted by Crippen LogP contribution is -2.30. The predicted octanol–water partition coefficient (Wildman–Crippen LogP) is 3.81. The molecule has 122 valence electrons. The molecule has 1 aromatic carbocycles. The molecule has 1 heterocycles. The monoisotopic (exact) mass is 311 g/mol. The first-order chi connectivity index (χ1) is 11.1. The van der Waals surface area contributed by atoms with Gasteiger partial charge in [-0.15, -0.1) is 0 Å². The molecule has 23 heavy (non-hydrogen) atoms. The van der Waals surface area contributed by atoms with Gasteiger partial charge in [0.25, 0.3) is 5.91 Å². The first-order valence-electron chi connectivity index (χ1n) is 8.13. The second-order valence-electron chi connectivity index (χ2n) is 6.01. The minimum absolute atomic E-state index is 0.0337. The Kier molecular flexibility index (Phi) is 6.15. The third kappa shape index (κ3) is 5.09. The van der Waals surface area contributed by atoms with Crippen LogP contribution in [0.3, 0.4) is 0 Å². The summed E-state index contributed by atoms with van der Waals surface area (Å²) in [6.07, 6.45) is 1.69. The summed E-state index contributed by atoms with van der Waals surface area (Å²) in [5, 5.41) is 3.26. The van der Waals surface area contributed by atoms with Crippen molar-refractivity contribution in [3.05, 3.63) is 59.8 Å². The zero-order valence-electron chi connectivity index (χ0n) is 14.1. The highest BCUT2D eigenvalue weighted by atomic mass is 16.2. The molecule has 0 saturated heterocycles. The van der Waals surface area contributed by atoms with Gasteiger partial charge in [-0.05, 0) is 30.5 Å². The summed E-state index contributed by atoms with van der Waals surface area (Å²) in [7, 11) is 0. The van der Waals surface area contributed by atoms with Gasteiger partial charge in [0.05, 0.1) is 0 Å². The number of nitrogens with zero attached hydrogens (tertiary/aromatic N) is 2. The summed E-state index contributed by atoms with van der Waals surface area (Å²) < 4.78 is 0. The largest absolute Gasteiger partial charge is 0.370 e. The van der Waals surface area contributed by atoms with E-state index >= 15 is 0 Å². The number of rotatable bonds is 7. The van der Waals surface area contributed by atoms with Gasteiger partial charge in [0.15, 0.2) is 0 Å². The van der Waals surface area contributed by atoms with Crippen LogP contribution in [0.15, 0.2) is 48.7 Å². The molecular weight excluding hydrogens is 286 g/mol. The van der Waals surface area contributed by atoms with Crippen molar-refractivity contribution >= 4 is 11.7 Å². The van der Waals surface area contributed by atoms with E-state index in [1.54, 1.807) is 12.3 Å². The minimum Gasteiger partial charge on any atom is -0.370 e. The summed E-state index contributed by atoms with van der Waals surface area (Å²) in [6, 6.07) is 13.7. The Labute approximate surface area is 138 Å². The van der Waals surface area contributed by atoms with Crippen LogP contribution in [0.5, 0.6) is 0 Å². The van der Waals surface area contributed by atoms with Crippen LogP contribution in [0.25, 0.3) is 0 Å². The number of pyridine rings is 1. The maximum atomic E-state index is 12.7. The van der Waals surface area contributed by atoms with E-state index in [1.807, 2.05) is 48.2 Å². The first-order valence-corrected chi connectivity index (χ1v) is 8.13. The van der Waals surface area contributed by atoms with Gasteiger partial charge in [0.2, 0.25) is 0 Å². The lowest BCUT2D eigenvalue weighted by atomic mass is 10.1. The van der Waals surface area contributed by atoms with E-state index in [1.165, 1.54) is 0 Å². The quantitative estimate of drug-likeness (QED) is 0.845. The van der Waals surface area contributed by atoms with Gasteiger partial charge in [-0.3, -0.25) is 4.79 Å². The van der Waals surface area contributed by atoms with Crippen LogP contribution >= 0.6 is 0 Å². The number of amides is 1. The number of benzene rings is 1. The third-order valence-electron chi connectivity index (χ3n) is 3.58. The molecule has 0 radical (unpaired) electrons. The average molecular weight is 311 g/mol. The van der Waals surface area contributed by atoms with Crippen LogP contribution in [0.2, 0.25) is 0 Å². The van der Waals surface area contributed by atoms with E-state index in [9.17, 15) is 4.79 Å². The van der Waals surface area contributed by atoms with E-state index < -0.39 is 0 Å². The first kappa shape index (κ1) is 17.0. The summed E-state index contributed by atoms with van der Waals surface area (Å²) in [5.74, 6) is 1.31. The molecule has 0 atom stereocenters. The molecule has 0 unspecified atom stereocenters. The summed E-state index contributed by atoms with van der Waals surface area (Å²) >= 11 is 0. The van der Waals surface area contributed by atoms with E-state index in [2.05, 4.69) is 24.1 Å². The summed E-state index contributed by atoms with van der Waals surface area (Å²) in [6.45, 7) is 8.41. The molecule has 0 bridgehead atoms. The highest BCUT2D eigenvalue weighted by Gasteiger charge is 2.15. The lowest BCUT2D eigenvalue weighted by molar-refractivity contribution is 0.0752. The number of nitrogens with one attached hydrogen (secondary N) is 1. The van der Waals surface area contributed by atoms with Crippen molar-refractivity contribution < 1.29 is 4.79 Å².